The van der Waals surface area contributed by atoms with Crippen LogP contribution in [0.5, 0.6) is 5.75 Å². The Hall–Kier alpha value is -2.53. The SMILES string of the molecule is Cc1cccc(C)c1NC(=O)CN(C)C(=O)[C@@H]1COc2ccc(Cl)cc2C1. The zero-order valence-electron chi connectivity index (χ0n) is 15.7. The van der Waals surface area contributed by atoms with Gasteiger partial charge >= 0.3 is 0 Å². The van der Waals surface area contributed by atoms with E-state index in [9.17, 15) is 9.59 Å². The van der Waals surface area contributed by atoms with Crippen LogP contribution >= 0.6 is 11.6 Å². The van der Waals surface area contributed by atoms with Crippen LogP contribution in [0.1, 0.15) is 16.7 Å². The average Bonchev–Trinajstić information content (AvgIpc) is 2.63. The van der Waals surface area contributed by atoms with Gasteiger partial charge in [0.2, 0.25) is 11.8 Å². The number of anilines is 1. The number of aryl methyl sites for hydroxylation is 2. The Bertz CT molecular complexity index is 861. The van der Waals surface area contributed by atoms with Crippen LogP contribution in [0.25, 0.3) is 0 Å². The molecule has 0 fully saturated rings. The largest absolute Gasteiger partial charge is 0.492 e. The van der Waals surface area contributed by atoms with Crippen molar-refractivity contribution in [2.75, 3.05) is 25.5 Å². The van der Waals surface area contributed by atoms with Crippen molar-refractivity contribution in [1.29, 1.82) is 0 Å². The molecule has 0 aromatic heterocycles. The van der Waals surface area contributed by atoms with Gasteiger partial charge in [0.15, 0.2) is 0 Å². The number of carbonyl (C=O) groups is 2. The Kier molecular flexibility index (Phi) is 5.71. The number of nitrogens with zero attached hydrogens (tertiary/aromatic N) is 1. The number of nitrogens with one attached hydrogen (secondary N) is 1. The molecule has 1 heterocycles. The molecular weight excluding hydrogens is 364 g/mol. The number of carbonyl (C=O) groups excluding carboxylic acids is 2. The van der Waals surface area contributed by atoms with E-state index >= 15 is 0 Å². The highest BCUT2D eigenvalue weighted by Crippen LogP contribution is 2.30. The molecule has 142 valence electrons. The Labute approximate surface area is 164 Å². The number of likely N-dealkylation sites (N-methyl/N-ethyl adjacent to an activating group) is 1. The quantitative estimate of drug-likeness (QED) is 0.873. The lowest BCUT2D eigenvalue weighted by molar-refractivity contribution is -0.138. The minimum atomic E-state index is -0.325. The van der Waals surface area contributed by atoms with E-state index in [0.717, 1.165) is 28.1 Å². The Morgan fingerprint density at radius 3 is 2.63 bits per heavy atom. The Morgan fingerprint density at radius 2 is 1.93 bits per heavy atom. The molecule has 0 bridgehead atoms. The fraction of sp³-hybridized carbons (Fsp3) is 0.333. The summed E-state index contributed by atoms with van der Waals surface area (Å²) in [7, 11) is 1.64. The molecule has 27 heavy (non-hydrogen) atoms. The average molecular weight is 387 g/mol. The maximum Gasteiger partial charge on any atom is 0.243 e. The van der Waals surface area contributed by atoms with Crippen molar-refractivity contribution >= 4 is 29.1 Å². The number of para-hydroxylation sites is 1. The van der Waals surface area contributed by atoms with Crippen molar-refractivity contribution < 1.29 is 14.3 Å². The van der Waals surface area contributed by atoms with Crippen molar-refractivity contribution in [2.24, 2.45) is 5.92 Å². The van der Waals surface area contributed by atoms with Gasteiger partial charge in [-0.15, -0.1) is 0 Å². The summed E-state index contributed by atoms with van der Waals surface area (Å²) in [6, 6.07) is 11.2. The molecule has 6 heteroatoms. The first-order chi connectivity index (χ1) is 12.8. The molecule has 0 unspecified atom stereocenters. The summed E-state index contributed by atoms with van der Waals surface area (Å²) < 4.78 is 5.69. The van der Waals surface area contributed by atoms with Gasteiger partial charge in [-0.25, -0.2) is 0 Å². The predicted octanol–water partition coefficient (Wildman–Crippen LogP) is 3.61. The van der Waals surface area contributed by atoms with Gasteiger partial charge in [0, 0.05) is 17.8 Å². The first kappa shape index (κ1) is 19.2. The summed E-state index contributed by atoms with van der Waals surface area (Å²) in [4.78, 5) is 26.6. The molecule has 1 aliphatic rings. The van der Waals surface area contributed by atoms with Gasteiger partial charge in [-0.3, -0.25) is 9.59 Å². The first-order valence-corrected chi connectivity index (χ1v) is 9.25. The fourth-order valence-electron chi connectivity index (χ4n) is 3.32. The molecule has 0 saturated carbocycles. The zero-order chi connectivity index (χ0) is 19.6. The second-order valence-corrected chi connectivity index (χ2v) is 7.41. The fourth-order valence-corrected chi connectivity index (χ4v) is 3.51. The molecule has 0 aliphatic carbocycles. The molecular formula is C21H23ClN2O3. The van der Waals surface area contributed by atoms with Crippen LogP contribution in [0.2, 0.25) is 5.02 Å². The van der Waals surface area contributed by atoms with Gasteiger partial charge in [0.25, 0.3) is 0 Å². The minimum Gasteiger partial charge on any atom is -0.492 e. The Morgan fingerprint density at radius 1 is 1.22 bits per heavy atom. The highest BCUT2D eigenvalue weighted by atomic mass is 35.5. The molecule has 0 spiro atoms. The molecule has 1 atom stereocenters. The van der Waals surface area contributed by atoms with E-state index in [1.165, 1.54) is 4.90 Å². The van der Waals surface area contributed by atoms with E-state index in [1.54, 1.807) is 13.1 Å². The van der Waals surface area contributed by atoms with Crippen LogP contribution < -0.4 is 10.1 Å². The second kappa shape index (κ2) is 8.01. The van der Waals surface area contributed by atoms with Gasteiger partial charge in [0.1, 0.15) is 12.4 Å². The van der Waals surface area contributed by atoms with Gasteiger partial charge in [-0.05, 0) is 55.2 Å². The molecule has 2 aromatic carbocycles. The molecule has 2 amide bonds. The smallest absolute Gasteiger partial charge is 0.243 e. The third-order valence-corrected chi connectivity index (χ3v) is 5.02. The minimum absolute atomic E-state index is 0.00842. The molecule has 3 rings (SSSR count). The van der Waals surface area contributed by atoms with Crippen molar-refractivity contribution in [2.45, 2.75) is 20.3 Å². The summed E-state index contributed by atoms with van der Waals surface area (Å²) in [6.45, 7) is 4.18. The summed E-state index contributed by atoms with van der Waals surface area (Å²) >= 11 is 6.03. The van der Waals surface area contributed by atoms with Crippen molar-refractivity contribution in [1.82, 2.24) is 4.90 Å². The summed E-state index contributed by atoms with van der Waals surface area (Å²) in [5.74, 6) is 0.105. The first-order valence-electron chi connectivity index (χ1n) is 8.87. The number of halogens is 1. The van der Waals surface area contributed by atoms with Crippen LogP contribution in [-0.4, -0.2) is 36.9 Å². The molecule has 0 radical (unpaired) electrons. The van der Waals surface area contributed by atoms with Crippen molar-refractivity contribution in [3.8, 4) is 5.75 Å². The zero-order valence-corrected chi connectivity index (χ0v) is 16.5. The number of benzene rings is 2. The summed E-state index contributed by atoms with van der Waals surface area (Å²) in [5, 5.41) is 3.53. The van der Waals surface area contributed by atoms with E-state index in [2.05, 4.69) is 5.32 Å². The number of amides is 2. The number of fused-ring (bicyclic) bond motifs is 1. The molecule has 0 saturated heterocycles. The lowest BCUT2D eigenvalue weighted by Crippen LogP contribution is -2.42. The monoisotopic (exact) mass is 386 g/mol. The molecule has 5 nitrogen and oxygen atoms in total. The van der Waals surface area contributed by atoms with Crippen LogP contribution in [-0.2, 0) is 16.0 Å². The number of rotatable bonds is 4. The third kappa shape index (κ3) is 4.42. The van der Waals surface area contributed by atoms with Crippen LogP contribution in [0.3, 0.4) is 0 Å². The predicted molar refractivity (Wildman–Crippen MR) is 106 cm³/mol. The van der Waals surface area contributed by atoms with E-state index in [0.29, 0.717) is 18.1 Å². The molecule has 1 aliphatic heterocycles. The second-order valence-electron chi connectivity index (χ2n) is 6.97. The van der Waals surface area contributed by atoms with Crippen LogP contribution in [0.15, 0.2) is 36.4 Å². The van der Waals surface area contributed by atoms with Gasteiger partial charge in [-0.2, -0.15) is 0 Å². The van der Waals surface area contributed by atoms with E-state index in [4.69, 9.17) is 16.3 Å². The normalized spacial score (nSPS) is 15.5. The summed E-state index contributed by atoms with van der Waals surface area (Å²) in [5.41, 5.74) is 3.70. The highest BCUT2D eigenvalue weighted by Gasteiger charge is 2.29. The Balaban J connectivity index is 1.61. The topological polar surface area (TPSA) is 58.6 Å². The molecule has 2 aromatic rings. The number of hydrogen-bond acceptors (Lipinski definition) is 3. The number of ether oxygens (including phenoxy) is 1. The van der Waals surface area contributed by atoms with Crippen LogP contribution in [0, 0.1) is 19.8 Å². The van der Waals surface area contributed by atoms with E-state index in [1.807, 2.05) is 44.2 Å². The lowest BCUT2D eigenvalue weighted by Gasteiger charge is -2.28. The van der Waals surface area contributed by atoms with Gasteiger partial charge < -0.3 is 15.0 Å². The third-order valence-electron chi connectivity index (χ3n) is 4.78. The maximum absolute atomic E-state index is 12.7. The standard InChI is InChI=1S/C21H23ClN2O3/c1-13-5-4-6-14(2)20(13)23-19(25)11-24(3)21(26)16-9-15-10-17(22)7-8-18(15)27-12-16/h4-8,10,16H,9,11-12H2,1-3H3,(H,23,25)/t16-/m0/s1. The van der Waals surface area contributed by atoms with Gasteiger partial charge in [-0.1, -0.05) is 29.8 Å². The maximum atomic E-state index is 12.7. The molecule has 1 N–H and O–H groups in total. The van der Waals surface area contributed by atoms with Gasteiger partial charge in [0.05, 0.1) is 12.5 Å². The van der Waals surface area contributed by atoms with Crippen LogP contribution in [0.4, 0.5) is 5.69 Å². The van der Waals surface area contributed by atoms with Crippen molar-refractivity contribution in [3.63, 3.8) is 0 Å². The summed E-state index contributed by atoms with van der Waals surface area (Å²) in [6.07, 6.45) is 0.553. The van der Waals surface area contributed by atoms with Crippen molar-refractivity contribution in [3.05, 3.63) is 58.1 Å². The lowest BCUT2D eigenvalue weighted by atomic mass is 9.95. The number of hydrogen-bond donors (Lipinski definition) is 1. The van der Waals surface area contributed by atoms with E-state index < -0.39 is 0 Å². The van der Waals surface area contributed by atoms with E-state index in [-0.39, 0.29) is 24.3 Å². The highest BCUT2D eigenvalue weighted by molar-refractivity contribution is 6.30.